The van der Waals surface area contributed by atoms with Gasteiger partial charge in [-0.3, -0.25) is 4.79 Å². The first kappa shape index (κ1) is 10.6. The lowest BCUT2D eigenvalue weighted by Gasteiger charge is -2.34. The topological polar surface area (TPSA) is 32.3 Å². The zero-order chi connectivity index (χ0) is 11.8. The van der Waals surface area contributed by atoms with Crippen LogP contribution in [-0.4, -0.2) is 30.4 Å². The second kappa shape index (κ2) is 4.06. The van der Waals surface area contributed by atoms with Gasteiger partial charge < -0.3 is 10.2 Å². The molecule has 3 nitrogen and oxygen atoms in total. The van der Waals surface area contributed by atoms with E-state index in [9.17, 15) is 4.79 Å². The Balaban J connectivity index is 1.81. The molecule has 2 aliphatic rings. The molecule has 0 unspecified atom stereocenters. The lowest BCUT2D eigenvalue weighted by Crippen LogP contribution is -2.41. The zero-order valence-electron chi connectivity index (χ0n) is 10.2. The fraction of sp³-hybridized carbons (Fsp3) is 0.500. The van der Waals surface area contributed by atoms with E-state index in [1.165, 1.54) is 17.7 Å². The van der Waals surface area contributed by atoms with Crippen molar-refractivity contribution in [2.75, 3.05) is 18.9 Å². The first-order chi connectivity index (χ1) is 8.25. The molecule has 1 amide bonds. The van der Waals surface area contributed by atoms with Crippen LogP contribution >= 0.6 is 0 Å². The molecule has 17 heavy (non-hydrogen) atoms. The Hall–Kier alpha value is -1.51. The number of benzene rings is 1. The second-order valence-electron chi connectivity index (χ2n) is 5.05. The van der Waals surface area contributed by atoms with E-state index >= 15 is 0 Å². The molecular weight excluding hydrogens is 212 g/mol. The predicted molar refractivity (Wildman–Crippen MR) is 68.4 cm³/mol. The van der Waals surface area contributed by atoms with Gasteiger partial charge >= 0.3 is 0 Å². The van der Waals surface area contributed by atoms with Crippen molar-refractivity contribution in [1.82, 2.24) is 4.90 Å². The number of nitrogens with zero attached hydrogens (tertiary/aromatic N) is 1. The van der Waals surface area contributed by atoms with Gasteiger partial charge in [-0.2, -0.15) is 0 Å². The van der Waals surface area contributed by atoms with Crippen LogP contribution in [0.25, 0.3) is 0 Å². The summed E-state index contributed by atoms with van der Waals surface area (Å²) in [6.07, 6.45) is 4.61. The standard InChI is InChI=1S/C14H18N2O/c1-16(12-3-2-4-12)14(17)11-5-6-13-10(9-11)7-8-15-13/h5-6,9,12,15H,2-4,7-8H2,1H3. The van der Waals surface area contributed by atoms with Crippen molar-refractivity contribution in [2.45, 2.75) is 31.7 Å². The monoisotopic (exact) mass is 230 g/mol. The number of anilines is 1. The summed E-state index contributed by atoms with van der Waals surface area (Å²) in [5.41, 5.74) is 3.30. The lowest BCUT2D eigenvalue weighted by atomic mass is 9.91. The number of carbonyl (C=O) groups is 1. The van der Waals surface area contributed by atoms with Crippen molar-refractivity contribution < 1.29 is 4.79 Å². The van der Waals surface area contributed by atoms with E-state index in [0.29, 0.717) is 6.04 Å². The highest BCUT2D eigenvalue weighted by Gasteiger charge is 2.26. The first-order valence-corrected chi connectivity index (χ1v) is 6.39. The van der Waals surface area contributed by atoms with Crippen molar-refractivity contribution in [1.29, 1.82) is 0 Å². The Morgan fingerprint density at radius 3 is 2.94 bits per heavy atom. The summed E-state index contributed by atoms with van der Waals surface area (Å²) in [4.78, 5) is 14.2. The molecule has 1 fully saturated rings. The molecule has 1 saturated carbocycles. The predicted octanol–water partition coefficient (Wildman–Crippen LogP) is 2.28. The van der Waals surface area contributed by atoms with Crippen LogP contribution in [0.2, 0.25) is 0 Å². The molecule has 1 aliphatic carbocycles. The number of hydrogen-bond donors (Lipinski definition) is 1. The maximum Gasteiger partial charge on any atom is 0.253 e. The van der Waals surface area contributed by atoms with E-state index in [1.807, 2.05) is 30.1 Å². The average molecular weight is 230 g/mol. The van der Waals surface area contributed by atoms with E-state index in [0.717, 1.165) is 31.4 Å². The molecular formula is C14H18N2O. The van der Waals surface area contributed by atoms with Gasteiger partial charge in [-0.25, -0.2) is 0 Å². The van der Waals surface area contributed by atoms with Gasteiger partial charge in [0, 0.05) is 30.9 Å². The van der Waals surface area contributed by atoms with Crippen molar-refractivity contribution in [3.05, 3.63) is 29.3 Å². The summed E-state index contributed by atoms with van der Waals surface area (Å²) in [7, 11) is 1.93. The minimum Gasteiger partial charge on any atom is -0.384 e. The third-order valence-corrected chi connectivity index (χ3v) is 4.00. The Labute approximate surface area is 102 Å². The van der Waals surface area contributed by atoms with Gasteiger partial charge in [0.15, 0.2) is 0 Å². The SMILES string of the molecule is CN(C(=O)c1ccc2c(c1)CCN2)C1CCC1. The molecule has 0 aromatic heterocycles. The number of rotatable bonds is 2. The summed E-state index contributed by atoms with van der Waals surface area (Å²) < 4.78 is 0. The van der Waals surface area contributed by atoms with Crippen LogP contribution in [0.4, 0.5) is 5.69 Å². The van der Waals surface area contributed by atoms with Gasteiger partial charge in [0.25, 0.3) is 5.91 Å². The van der Waals surface area contributed by atoms with E-state index in [2.05, 4.69) is 5.32 Å². The van der Waals surface area contributed by atoms with E-state index in [-0.39, 0.29) is 5.91 Å². The highest BCUT2D eigenvalue weighted by molar-refractivity contribution is 5.95. The molecule has 0 radical (unpaired) electrons. The minimum absolute atomic E-state index is 0.171. The van der Waals surface area contributed by atoms with Crippen LogP contribution in [0, 0.1) is 0 Å². The summed E-state index contributed by atoms with van der Waals surface area (Å²) in [6, 6.07) is 6.49. The van der Waals surface area contributed by atoms with Gasteiger partial charge in [-0.15, -0.1) is 0 Å². The highest BCUT2D eigenvalue weighted by Crippen LogP contribution is 2.27. The molecule has 3 heteroatoms. The quantitative estimate of drug-likeness (QED) is 0.845. The van der Waals surface area contributed by atoms with Crippen molar-refractivity contribution in [3.8, 4) is 0 Å². The van der Waals surface area contributed by atoms with Crippen molar-refractivity contribution in [3.63, 3.8) is 0 Å². The smallest absolute Gasteiger partial charge is 0.253 e. The van der Waals surface area contributed by atoms with E-state index < -0.39 is 0 Å². The van der Waals surface area contributed by atoms with Crippen LogP contribution in [-0.2, 0) is 6.42 Å². The normalized spacial score (nSPS) is 18.2. The van der Waals surface area contributed by atoms with Crippen LogP contribution in [0.15, 0.2) is 18.2 Å². The largest absolute Gasteiger partial charge is 0.384 e. The number of amides is 1. The molecule has 1 N–H and O–H groups in total. The summed E-state index contributed by atoms with van der Waals surface area (Å²) in [5, 5.41) is 3.32. The van der Waals surface area contributed by atoms with Crippen LogP contribution < -0.4 is 5.32 Å². The minimum atomic E-state index is 0.171. The van der Waals surface area contributed by atoms with Gasteiger partial charge in [0.2, 0.25) is 0 Å². The Bertz CT molecular complexity index is 452. The van der Waals surface area contributed by atoms with Crippen molar-refractivity contribution in [2.24, 2.45) is 0 Å². The van der Waals surface area contributed by atoms with E-state index in [1.54, 1.807) is 0 Å². The highest BCUT2D eigenvalue weighted by atomic mass is 16.2. The number of carbonyl (C=O) groups excluding carboxylic acids is 1. The maximum absolute atomic E-state index is 12.3. The Morgan fingerprint density at radius 1 is 1.41 bits per heavy atom. The van der Waals surface area contributed by atoms with Crippen molar-refractivity contribution >= 4 is 11.6 Å². The Morgan fingerprint density at radius 2 is 2.24 bits per heavy atom. The molecule has 1 aromatic carbocycles. The van der Waals surface area contributed by atoms with Crippen LogP contribution in [0.3, 0.4) is 0 Å². The van der Waals surface area contributed by atoms with Gasteiger partial charge in [-0.05, 0) is 49.4 Å². The average Bonchev–Trinajstić information content (AvgIpc) is 2.72. The van der Waals surface area contributed by atoms with E-state index in [4.69, 9.17) is 0 Å². The maximum atomic E-state index is 12.3. The molecule has 0 saturated heterocycles. The first-order valence-electron chi connectivity index (χ1n) is 6.39. The molecule has 90 valence electrons. The second-order valence-corrected chi connectivity index (χ2v) is 5.05. The fourth-order valence-electron chi connectivity index (χ4n) is 2.58. The molecule has 0 bridgehead atoms. The zero-order valence-corrected chi connectivity index (χ0v) is 10.2. The number of nitrogens with one attached hydrogen (secondary N) is 1. The van der Waals surface area contributed by atoms with Crippen LogP contribution in [0.5, 0.6) is 0 Å². The fourth-order valence-corrected chi connectivity index (χ4v) is 2.58. The van der Waals surface area contributed by atoms with Gasteiger partial charge in [-0.1, -0.05) is 0 Å². The summed E-state index contributed by atoms with van der Waals surface area (Å²) in [5.74, 6) is 0.171. The number of hydrogen-bond acceptors (Lipinski definition) is 2. The molecule has 1 aliphatic heterocycles. The number of fused-ring (bicyclic) bond motifs is 1. The molecule has 1 aromatic rings. The molecule has 3 rings (SSSR count). The molecule has 0 atom stereocenters. The molecule has 0 spiro atoms. The lowest BCUT2D eigenvalue weighted by molar-refractivity contribution is 0.0652. The Kier molecular flexibility index (Phi) is 2.54. The van der Waals surface area contributed by atoms with Gasteiger partial charge in [0.05, 0.1) is 0 Å². The summed E-state index contributed by atoms with van der Waals surface area (Å²) >= 11 is 0. The third kappa shape index (κ3) is 1.79. The summed E-state index contributed by atoms with van der Waals surface area (Å²) in [6.45, 7) is 0.992. The molecule has 1 heterocycles. The van der Waals surface area contributed by atoms with Gasteiger partial charge in [0.1, 0.15) is 0 Å². The van der Waals surface area contributed by atoms with Crippen LogP contribution in [0.1, 0.15) is 35.2 Å². The third-order valence-electron chi connectivity index (χ3n) is 4.00.